The Kier molecular flexibility index (Phi) is 3.19. The van der Waals surface area contributed by atoms with E-state index in [9.17, 15) is 9.59 Å². The van der Waals surface area contributed by atoms with Crippen molar-refractivity contribution in [2.75, 3.05) is 0 Å². The third kappa shape index (κ3) is 2.21. The highest BCUT2D eigenvalue weighted by Crippen LogP contribution is 2.26. The molecule has 5 heteroatoms. The number of aromatic amines is 1. The van der Waals surface area contributed by atoms with Crippen LogP contribution in [0.5, 0.6) is 0 Å². The van der Waals surface area contributed by atoms with Gasteiger partial charge in [0.05, 0.1) is 10.9 Å². The second-order valence-electron chi connectivity index (χ2n) is 5.09. The first kappa shape index (κ1) is 12.5. The summed E-state index contributed by atoms with van der Waals surface area (Å²) in [4.78, 5) is 27.3. The van der Waals surface area contributed by atoms with Crippen molar-refractivity contribution in [2.45, 2.75) is 38.1 Å². The maximum atomic E-state index is 12.5. The third-order valence-electron chi connectivity index (χ3n) is 3.83. The van der Waals surface area contributed by atoms with E-state index >= 15 is 0 Å². The van der Waals surface area contributed by atoms with Crippen molar-refractivity contribution in [2.24, 2.45) is 0 Å². The van der Waals surface area contributed by atoms with E-state index in [1.54, 1.807) is 18.2 Å². The largest absolute Gasteiger partial charge is 0.329 e. The van der Waals surface area contributed by atoms with Crippen LogP contribution in [0.3, 0.4) is 0 Å². The van der Waals surface area contributed by atoms with Crippen LogP contribution in [-0.2, 0) is 0 Å². The minimum atomic E-state index is -0.327. The summed E-state index contributed by atoms with van der Waals surface area (Å²) in [6.07, 6.45) is 5.15. The Balaban J connectivity index is 2.22. The van der Waals surface area contributed by atoms with Gasteiger partial charge in [-0.05, 0) is 31.0 Å². The van der Waals surface area contributed by atoms with Crippen molar-refractivity contribution in [3.63, 3.8) is 0 Å². The van der Waals surface area contributed by atoms with Crippen molar-refractivity contribution in [1.82, 2.24) is 9.55 Å². The lowest BCUT2D eigenvalue weighted by molar-refractivity contribution is 0.338. The Morgan fingerprint density at radius 1 is 1.16 bits per heavy atom. The Bertz CT molecular complexity index is 726. The summed E-state index contributed by atoms with van der Waals surface area (Å²) < 4.78 is 1.38. The second kappa shape index (κ2) is 4.85. The molecule has 1 N–H and O–H groups in total. The van der Waals surface area contributed by atoms with Gasteiger partial charge in [-0.25, -0.2) is 4.79 Å². The van der Waals surface area contributed by atoms with Gasteiger partial charge in [0.25, 0.3) is 5.56 Å². The molecule has 0 spiro atoms. The van der Waals surface area contributed by atoms with Crippen LogP contribution in [0.2, 0.25) is 5.02 Å². The molecule has 19 heavy (non-hydrogen) atoms. The molecule has 100 valence electrons. The Morgan fingerprint density at radius 3 is 2.63 bits per heavy atom. The number of fused-ring (bicyclic) bond motifs is 1. The highest BCUT2D eigenvalue weighted by atomic mass is 35.5. The van der Waals surface area contributed by atoms with E-state index in [0.29, 0.717) is 15.9 Å². The fourth-order valence-electron chi connectivity index (χ4n) is 2.87. The first-order chi connectivity index (χ1) is 9.16. The number of halogens is 1. The van der Waals surface area contributed by atoms with Gasteiger partial charge in [0.1, 0.15) is 0 Å². The van der Waals surface area contributed by atoms with Gasteiger partial charge >= 0.3 is 5.69 Å². The van der Waals surface area contributed by atoms with Crippen LogP contribution in [0.4, 0.5) is 0 Å². The van der Waals surface area contributed by atoms with Gasteiger partial charge < -0.3 is 4.98 Å². The van der Waals surface area contributed by atoms with Gasteiger partial charge in [-0.15, -0.1) is 0 Å². The lowest BCUT2D eigenvalue weighted by atomic mass is 9.95. The zero-order valence-electron chi connectivity index (χ0n) is 10.5. The van der Waals surface area contributed by atoms with E-state index in [2.05, 4.69) is 4.98 Å². The molecule has 0 aliphatic heterocycles. The van der Waals surface area contributed by atoms with Crippen LogP contribution in [0.15, 0.2) is 27.8 Å². The molecule has 3 rings (SSSR count). The normalized spacial score (nSPS) is 16.9. The highest BCUT2D eigenvalue weighted by Gasteiger charge is 2.19. The van der Waals surface area contributed by atoms with Crippen molar-refractivity contribution < 1.29 is 0 Å². The third-order valence-corrected chi connectivity index (χ3v) is 4.07. The summed E-state index contributed by atoms with van der Waals surface area (Å²) in [5.74, 6) is 0. The van der Waals surface area contributed by atoms with E-state index < -0.39 is 0 Å². The SMILES string of the molecule is O=c1[nH]c2cc(Cl)ccc2c(=O)n1C1CCCCC1. The predicted octanol–water partition coefficient (Wildman–Crippen LogP) is 2.85. The van der Waals surface area contributed by atoms with Gasteiger partial charge in [-0.3, -0.25) is 9.36 Å². The van der Waals surface area contributed by atoms with Crippen LogP contribution >= 0.6 is 11.6 Å². The topological polar surface area (TPSA) is 54.9 Å². The Hall–Kier alpha value is -1.55. The first-order valence-corrected chi connectivity index (χ1v) is 6.99. The van der Waals surface area contributed by atoms with E-state index in [1.165, 1.54) is 11.0 Å². The molecule has 1 fully saturated rings. The number of rotatable bonds is 1. The predicted molar refractivity (Wildman–Crippen MR) is 76.0 cm³/mol. The van der Waals surface area contributed by atoms with E-state index in [-0.39, 0.29) is 17.3 Å². The van der Waals surface area contributed by atoms with Gasteiger partial charge in [0, 0.05) is 11.1 Å². The fraction of sp³-hybridized carbons (Fsp3) is 0.429. The molecule has 2 aromatic rings. The van der Waals surface area contributed by atoms with Crippen LogP contribution in [0.1, 0.15) is 38.1 Å². The molecule has 4 nitrogen and oxygen atoms in total. The number of nitrogens with zero attached hydrogens (tertiary/aromatic N) is 1. The Labute approximate surface area is 115 Å². The average Bonchev–Trinajstić information content (AvgIpc) is 2.39. The molecular weight excluding hydrogens is 264 g/mol. The molecule has 0 saturated heterocycles. The lowest BCUT2D eigenvalue weighted by Gasteiger charge is -2.23. The fourth-order valence-corrected chi connectivity index (χ4v) is 3.05. The molecular formula is C14H15ClN2O2. The number of benzene rings is 1. The summed E-state index contributed by atoms with van der Waals surface area (Å²) >= 11 is 5.88. The molecule has 1 aliphatic carbocycles. The number of aromatic nitrogens is 2. The van der Waals surface area contributed by atoms with Crippen molar-refractivity contribution in [3.8, 4) is 0 Å². The maximum Gasteiger partial charge on any atom is 0.329 e. The summed E-state index contributed by atoms with van der Waals surface area (Å²) in [5, 5.41) is 1.03. The summed E-state index contributed by atoms with van der Waals surface area (Å²) in [5.41, 5.74) is -0.0245. The molecule has 1 aliphatic rings. The van der Waals surface area contributed by atoms with E-state index in [0.717, 1.165) is 25.7 Å². The summed E-state index contributed by atoms with van der Waals surface area (Å²) in [6.45, 7) is 0. The number of H-pyrrole nitrogens is 1. The molecule has 0 atom stereocenters. The standard InChI is InChI=1S/C14H15ClN2O2/c15-9-6-7-11-12(8-9)16-14(19)17(13(11)18)10-4-2-1-3-5-10/h6-8,10H,1-5H2,(H,16,19). The minimum absolute atomic E-state index is 0.0325. The first-order valence-electron chi connectivity index (χ1n) is 6.61. The summed E-state index contributed by atoms with van der Waals surface area (Å²) in [6, 6.07) is 5.00. The van der Waals surface area contributed by atoms with Crippen LogP contribution in [0.25, 0.3) is 10.9 Å². The second-order valence-corrected chi connectivity index (χ2v) is 5.52. The van der Waals surface area contributed by atoms with Crippen molar-refractivity contribution in [3.05, 3.63) is 44.1 Å². The zero-order valence-corrected chi connectivity index (χ0v) is 11.2. The highest BCUT2D eigenvalue weighted by molar-refractivity contribution is 6.31. The zero-order chi connectivity index (χ0) is 13.4. The molecule has 0 amide bonds. The molecule has 0 bridgehead atoms. The monoisotopic (exact) mass is 278 g/mol. The Morgan fingerprint density at radius 2 is 1.89 bits per heavy atom. The smallest absolute Gasteiger partial charge is 0.307 e. The number of hydrogen-bond acceptors (Lipinski definition) is 2. The van der Waals surface area contributed by atoms with Gasteiger partial charge in [-0.2, -0.15) is 0 Å². The molecule has 1 aromatic carbocycles. The number of hydrogen-bond donors (Lipinski definition) is 1. The van der Waals surface area contributed by atoms with Gasteiger partial charge in [0.2, 0.25) is 0 Å². The minimum Gasteiger partial charge on any atom is -0.307 e. The molecule has 1 saturated carbocycles. The molecule has 1 heterocycles. The quantitative estimate of drug-likeness (QED) is 0.872. The van der Waals surface area contributed by atoms with Crippen LogP contribution in [0, 0.1) is 0 Å². The van der Waals surface area contributed by atoms with Gasteiger partial charge in [0.15, 0.2) is 0 Å². The number of nitrogens with one attached hydrogen (secondary N) is 1. The van der Waals surface area contributed by atoms with Crippen LogP contribution < -0.4 is 11.2 Å². The maximum absolute atomic E-state index is 12.5. The molecule has 0 unspecified atom stereocenters. The molecule has 1 aromatic heterocycles. The average molecular weight is 279 g/mol. The van der Waals surface area contributed by atoms with Gasteiger partial charge in [-0.1, -0.05) is 30.9 Å². The molecule has 0 radical (unpaired) electrons. The van der Waals surface area contributed by atoms with Crippen LogP contribution in [-0.4, -0.2) is 9.55 Å². The van der Waals surface area contributed by atoms with Crippen molar-refractivity contribution in [1.29, 1.82) is 0 Å². The van der Waals surface area contributed by atoms with E-state index in [1.807, 2.05) is 0 Å². The van der Waals surface area contributed by atoms with E-state index in [4.69, 9.17) is 11.6 Å². The van der Waals surface area contributed by atoms with Crippen molar-refractivity contribution >= 4 is 22.5 Å². The summed E-state index contributed by atoms with van der Waals surface area (Å²) in [7, 11) is 0. The lowest BCUT2D eigenvalue weighted by Crippen LogP contribution is -2.38.